The summed E-state index contributed by atoms with van der Waals surface area (Å²) in [4.78, 5) is 13.3. The van der Waals surface area contributed by atoms with E-state index in [4.69, 9.17) is 5.11 Å². The second-order valence-electron chi connectivity index (χ2n) is 2.72. The molecule has 0 saturated carbocycles. The first-order valence-electron chi connectivity index (χ1n) is 4.10. The third-order valence-electron chi connectivity index (χ3n) is 1.84. The number of nitrogens with one attached hydrogen (secondary N) is 1. The van der Waals surface area contributed by atoms with Crippen molar-refractivity contribution in [2.75, 3.05) is 6.61 Å². The van der Waals surface area contributed by atoms with Crippen LogP contribution in [0.15, 0.2) is 12.3 Å². The molecule has 1 aromatic rings. The highest BCUT2D eigenvalue weighted by atomic mass is 16.2. The third-order valence-corrected chi connectivity index (χ3v) is 1.84. The zero-order valence-electron chi connectivity index (χ0n) is 6.92. The van der Waals surface area contributed by atoms with Crippen LogP contribution < -0.4 is 0 Å². The molecule has 1 rings (SSSR count). The van der Waals surface area contributed by atoms with Gasteiger partial charge < -0.3 is 10.1 Å². The van der Waals surface area contributed by atoms with Gasteiger partial charge in [-0.2, -0.15) is 0 Å². The van der Waals surface area contributed by atoms with Crippen molar-refractivity contribution in [3.63, 3.8) is 0 Å². The van der Waals surface area contributed by atoms with E-state index in [1.54, 1.807) is 6.20 Å². The van der Waals surface area contributed by atoms with Gasteiger partial charge in [-0.25, -0.2) is 0 Å². The molecule has 0 fully saturated rings. The fourth-order valence-electron chi connectivity index (χ4n) is 1.17. The minimum atomic E-state index is 0.223. The van der Waals surface area contributed by atoms with Gasteiger partial charge in [-0.1, -0.05) is 0 Å². The van der Waals surface area contributed by atoms with Crippen LogP contribution >= 0.6 is 0 Å². The molecule has 0 aliphatic heterocycles. The molecule has 0 radical (unpaired) electrons. The summed E-state index contributed by atoms with van der Waals surface area (Å²) in [6.45, 7) is 0.223. The average molecular weight is 167 g/mol. The fraction of sp³-hybridized carbons (Fsp3) is 0.444. The number of aryl methyl sites for hydroxylation is 1. The standard InChI is InChI=1S/C9H13NO2/c11-6-2-1-3-8-4-5-10-9(8)7-12/h4-5,7,10-11H,1-3,6H2. The number of hydrogen-bond donors (Lipinski definition) is 2. The predicted molar refractivity (Wildman–Crippen MR) is 46.2 cm³/mol. The van der Waals surface area contributed by atoms with E-state index in [9.17, 15) is 4.79 Å². The summed E-state index contributed by atoms with van der Waals surface area (Å²) in [5.74, 6) is 0. The Bertz CT molecular complexity index is 242. The molecule has 0 aromatic carbocycles. The molecular weight excluding hydrogens is 154 g/mol. The minimum Gasteiger partial charge on any atom is -0.396 e. The van der Waals surface area contributed by atoms with Crippen molar-refractivity contribution in [1.82, 2.24) is 4.98 Å². The lowest BCUT2D eigenvalue weighted by molar-refractivity contribution is 0.111. The summed E-state index contributed by atoms with van der Waals surface area (Å²) in [5.41, 5.74) is 1.70. The number of aromatic nitrogens is 1. The van der Waals surface area contributed by atoms with E-state index < -0.39 is 0 Å². The van der Waals surface area contributed by atoms with E-state index in [-0.39, 0.29) is 6.61 Å². The first-order valence-corrected chi connectivity index (χ1v) is 4.10. The van der Waals surface area contributed by atoms with E-state index >= 15 is 0 Å². The quantitative estimate of drug-likeness (QED) is 0.510. The Balaban J connectivity index is 2.45. The highest BCUT2D eigenvalue weighted by Gasteiger charge is 2.00. The van der Waals surface area contributed by atoms with Crippen molar-refractivity contribution in [3.8, 4) is 0 Å². The molecule has 0 saturated heterocycles. The molecule has 0 spiro atoms. The molecule has 12 heavy (non-hydrogen) atoms. The van der Waals surface area contributed by atoms with Gasteiger partial charge in [0.05, 0.1) is 5.69 Å². The molecular formula is C9H13NO2. The molecule has 3 nitrogen and oxygen atoms in total. The van der Waals surface area contributed by atoms with Crippen LogP contribution in [-0.4, -0.2) is 23.0 Å². The normalized spacial score (nSPS) is 10.1. The van der Waals surface area contributed by atoms with Gasteiger partial charge in [0.2, 0.25) is 0 Å². The summed E-state index contributed by atoms with van der Waals surface area (Å²) in [6, 6.07) is 1.90. The van der Waals surface area contributed by atoms with Crippen molar-refractivity contribution >= 4 is 6.29 Å². The molecule has 0 aliphatic rings. The lowest BCUT2D eigenvalue weighted by atomic mass is 10.1. The van der Waals surface area contributed by atoms with Crippen LogP contribution in [0.2, 0.25) is 0 Å². The lowest BCUT2D eigenvalue weighted by Gasteiger charge is -1.96. The van der Waals surface area contributed by atoms with Crippen molar-refractivity contribution in [2.24, 2.45) is 0 Å². The topological polar surface area (TPSA) is 53.1 Å². The summed E-state index contributed by atoms with van der Waals surface area (Å²) in [6.07, 6.45) is 5.17. The number of carbonyl (C=O) groups excluding carboxylic acids is 1. The number of hydrogen-bond acceptors (Lipinski definition) is 2. The lowest BCUT2D eigenvalue weighted by Crippen LogP contribution is -1.91. The van der Waals surface area contributed by atoms with Gasteiger partial charge in [-0.05, 0) is 30.9 Å². The second-order valence-corrected chi connectivity index (χ2v) is 2.72. The van der Waals surface area contributed by atoms with E-state index in [0.29, 0.717) is 5.69 Å². The number of aldehydes is 1. The third kappa shape index (κ3) is 2.20. The zero-order valence-corrected chi connectivity index (χ0v) is 6.92. The van der Waals surface area contributed by atoms with E-state index in [1.807, 2.05) is 6.07 Å². The van der Waals surface area contributed by atoms with Gasteiger partial charge in [-0.3, -0.25) is 4.79 Å². The fourth-order valence-corrected chi connectivity index (χ4v) is 1.17. The first-order chi connectivity index (χ1) is 5.88. The molecule has 3 heteroatoms. The maximum absolute atomic E-state index is 10.4. The highest BCUT2D eigenvalue weighted by Crippen LogP contribution is 2.08. The first kappa shape index (κ1) is 9.00. The van der Waals surface area contributed by atoms with E-state index in [1.165, 1.54) is 0 Å². The summed E-state index contributed by atoms with van der Waals surface area (Å²) in [5, 5.41) is 8.54. The Labute approximate surface area is 71.4 Å². The van der Waals surface area contributed by atoms with E-state index in [0.717, 1.165) is 31.1 Å². The molecule has 0 atom stereocenters. The molecule has 0 amide bonds. The number of rotatable bonds is 5. The summed E-state index contributed by atoms with van der Waals surface area (Å²) >= 11 is 0. The highest BCUT2D eigenvalue weighted by molar-refractivity contribution is 5.74. The smallest absolute Gasteiger partial charge is 0.166 e. The van der Waals surface area contributed by atoms with Crippen molar-refractivity contribution in [2.45, 2.75) is 19.3 Å². The maximum atomic E-state index is 10.4. The van der Waals surface area contributed by atoms with Crippen LogP contribution in [0.5, 0.6) is 0 Å². The Kier molecular flexibility index (Phi) is 3.54. The van der Waals surface area contributed by atoms with Crippen LogP contribution in [0.4, 0.5) is 0 Å². The van der Waals surface area contributed by atoms with Gasteiger partial charge >= 0.3 is 0 Å². The summed E-state index contributed by atoms with van der Waals surface area (Å²) < 4.78 is 0. The molecule has 66 valence electrons. The number of H-pyrrole nitrogens is 1. The molecule has 2 N–H and O–H groups in total. The van der Waals surface area contributed by atoms with Gasteiger partial charge in [-0.15, -0.1) is 0 Å². The second kappa shape index (κ2) is 4.72. The van der Waals surface area contributed by atoms with Crippen LogP contribution in [0.1, 0.15) is 28.9 Å². The average Bonchev–Trinajstić information content (AvgIpc) is 2.52. The number of aromatic amines is 1. The monoisotopic (exact) mass is 167 g/mol. The SMILES string of the molecule is O=Cc1[nH]ccc1CCCCO. The van der Waals surface area contributed by atoms with Crippen LogP contribution in [0, 0.1) is 0 Å². The zero-order chi connectivity index (χ0) is 8.81. The summed E-state index contributed by atoms with van der Waals surface area (Å²) in [7, 11) is 0. The number of unbranched alkanes of at least 4 members (excludes halogenated alkanes) is 1. The molecule has 0 bridgehead atoms. The number of aliphatic hydroxyl groups is 1. The molecule has 0 unspecified atom stereocenters. The molecule has 1 aromatic heterocycles. The van der Waals surface area contributed by atoms with E-state index in [2.05, 4.69) is 4.98 Å². The van der Waals surface area contributed by atoms with Crippen molar-refractivity contribution in [3.05, 3.63) is 23.5 Å². The minimum absolute atomic E-state index is 0.223. The Morgan fingerprint density at radius 3 is 3.00 bits per heavy atom. The van der Waals surface area contributed by atoms with Gasteiger partial charge in [0.15, 0.2) is 6.29 Å². The van der Waals surface area contributed by atoms with Crippen LogP contribution in [0.3, 0.4) is 0 Å². The molecule has 0 aliphatic carbocycles. The van der Waals surface area contributed by atoms with Gasteiger partial charge in [0, 0.05) is 12.8 Å². The Morgan fingerprint density at radius 1 is 1.50 bits per heavy atom. The van der Waals surface area contributed by atoms with Gasteiger partial charge in [0.25, 0.3) is 0 Å². The van der Waals surface area contributed by atoms with Crippen molar-refractivity contribution < 1.29 is 9.90 Å². The predicted octanol–water partition coefficient (Wildman–Crippen LogP) is 1.14. The van der Waals surface area contributed by atoms with Crippen LogP contribution in [0.25, 0.3) is 0 Å². The number of aliphatic hydroxyl groups excluding tert-OH is 1. The largest absolute Gasteiger partial charge is 0.396 e. The maximum Gasteiger partial charge on any atom is 0.166 e. The van der Waals surface area contributed by atoms with Crippen molar-refractivity contribution in [1.29, 1.82) is 0 Å². The Hall–Kier alpha value is -1.09. The molecule has 1 heterocycles. The number of carbonyl (C=O) groups is 1. The van der Waals surface area contributed by atoms with Crippen LogP contribution in [-0.2, 0) is 6.42 Å². The Morgan fingerprint density at radius 2 is 2.33 bits per heavy atom. The van der Waals surface area contributed by atoms with Gasteiger partial charge in [0.1, 0.15) is 0 Å².